The Morgan fingerprint density at radius 2 is 1.83 bits per heavy atom. The largest absolute Gasteiger partial charge is 0.496 e. The van der Waals surface area contributed by atoms with Gasteiger partial charge in [-0.15, -0.1) is 0 Å². The van der Waals surface area contributed by atoms with Gasteiger partial charge in [0.05, 0.1) is 20.8 Å². The number of aliphatic imine (C=N–C) groups is 1. The summed E-state index contributed by atoms with van der Waals surface area (Å²) in [5, 5.41) is 7.15. The van der Waals surface area contributed by atoms with Gasteiger partial charge in [-0.1, -0.05) is 13.3 Å². The lowest BCUT2D eigenvalue weighted by Gasteiger charge is -2.30. The van der Waals surface area contributed by atoms with Gasteiger partial charge in [0, 0.05) is 65.6 Å². The molecule has 1 aromatic carbocycles. The van der Waals surface area contributed by atoms with Crippen LogP contribution in [0.2, 0.25) is 0 Å². The lowest BCUT2D eigenvalue weighted by Crippen LogP contribution is -2.46. The van der Waals surface area contributed by atoms with Crippen molar-refractivity contribution in [3.63, 3.8) is 0 Å². The van der Waals surface area contributed by atoms with Gasteiger partial charge in [0.25, 0.3) is 0 Å². The molecule has 30 heavy (non-hydrogen) atoms. The first-order chi connectivity index (χ1) is 14.6. The Labute approximate surface area is 183 Å². The van der Waals surface area contributed by atoms with Crippen LogP contribution in [0.4, 0.5) is 0 Å². The SMILES string of the molecule is CCNC(=NCCCOc1cc(OC)cc(OC)c1)NC1CCCC(S(=O)CC)C1. The van der Waals surface area contributed by atoms with E-state index in [4.69, 9.17) is 14.2 Å². The molecular weight excluding hydrogens is 402 g/mol. The Balaban J connectivity index is 1.81. The highest BCUT2D eigenvalue weighted by atomic mass is 32.2. The molecule has 0 spiro atoms. The van der Waals surface area contributed by atoms with Crippen LogP contribution >= 0.6 is 0 Å². The van der Waals surface area contributed by atoms with E-state index in [0.29, 0.717) is 35.9 Å². The molecule has 170 valence electrons. The molecule has 3 unspecified atom stereocenters. The maximum absolute atomic E-state index is 12.2. The van der Waals surface area contributed by atoms with Crippen molar-refractivity contribution in [2.75, 3.05) is 39.7 Å². The average Bonchev–Trinajstić information content (AvgIpc) is 2.78. The smallest absolute Gasteiger partial charge is 0.191 e. The second-order valence-corrected chi connectivity index (χ2v) is 9.32. The van der Waals surface area contributed by atoms with Crippen molar-refractivity contribution in [2.24, 2.45) is 4.99 Å². The number of hydrogen-bond donors (Lipinski definition) is 2. The summed E-state index contributed by atoms with van der Waals surface area (Å²) in [5.41, 5.74) is 0. The van der Waals surface area contributed by atoms with E-state index in [1.54, 1.807) is 14.2 Å². The zero-order valence-corrected chi connectivity index (χ0v) is 19.6. The van der Waals surface area contributed by atoms with Crippen molar-refractivity contribution >= 4 is 16.8 Å². The van der Waals surface area contributed by atoms with E-state index < -0.39 is 10.8 Å². The molecule has 0 saturated heterocycles. The molecule has 2 rings (SSSR count). The molecular formula is C22H37N3O4S. The zero-order valence-electron chi connectivity index (χ0n) is 18.7. The molecule has 1 fully saturated rings. The Morgan fingerprint density at radius 1 is 1.13 bits per heavy atom. The molecule has 0 aliphatic heterocycles. The first-order valence-electron chi connectivity index (χ1n) is 10.9. The van der Waals surface area contributed by atoms with Gasteiger partial charge in [-0.05, 0) is 26.2 Å². The van der Waals surface area contributed by atoms with Crippen LogP contribution in [0.25, 0.3) is 0 Å². The van der Waals surface area contributed by atoms with Crippen LogP contribution < -0.4 is 24.8 Å². The summed E-state index contributed by atoms with van der Waals surface area (Å²) < 4.78 is 28.5. The highest BCUT2D eigenvalue weighted by Crippen LogP contribution is 2.27. The first-order valence-corrected chi connectivity index (χ1v) is 12.3. The second kappa shape index (κ2) is 13.4. The molecule has 0 radical (unpaired) electrons. The van der Waals surface area contributed by atoms with Crippen molar-refractivity contribution in [2.45, 2.75) is 57.2 Å². The van der Waals surface area contributed by atoms with E-state index in [1.165, 1.54) is 0 Å². The summed E-state index contributed by atoms with van der Waals surface area (Å²) in [4.78, 5) is 4.69. The fourth-order valence-electron chi connectivity index (χ4n) is 3.57. The van der Waals surface area contributed by atoms with Crippen LogP contribution in [0, 0.1) is 0 Å². The fraction of sp³-hybridized carbons (Fsp3) is 0.682. The molecule has 0 heterocycles. The van der Waals surface area contributed by atoms with Crippen LogP contribution in [0.15, 0.2) is 23.2 Å². The summed E-state index contributed by atoms with van der Waals surface area (Å²) in [6.07, 6.45) is 5.03. The molecule has 1 aliphatic carbocycles. The fourth-order valence-corrected chi connectivity index (χ4v) is 4.92. The first kappa shape index (κ1) is 24.3. The van der Waals surface area contributed by atoms with E-state index in [9.17, 15) is 4.21 Å². The number of methoxy groups -OCH3 is 2. The molecule has 0 amide bonds. The Bertz CT molecular complexity index is 677. The van der Waals surface area contributed by atoms with Gasteiger partial charge >= 0.3 is 0 Å². The molecule has 1 saturated carbocycles. The molecule has 0 bridgehead atoms. The summed E-state index contributed by atoms with van der Waals surface area (Å²) in [6.45, 7) is 6.09. The molecule has 3 atom stereocenters. The zero-order chi connectivity index (χ0) is 21.8. The number of hydrogen-bond acceptors (Lipinski definition) is 5. The third-order valence-corrected chi connectivity index (χ3v) is 6.87. The van der Waals surface area contributed by atoms with Gasteiger partial charge in [0.15, 0.2) is 5.96 Å². The standard InChI is InChI=1S/C22H37N3O4S/c1-5-23-22(25-17-9-7-10-21(13-17)30(26)6-2)24-11-8-12-29-20-15-18(27-3)14-19(16-20)28-4/h14-17,21H,5-13H2,1-4H3,(H2,23,24,25). The minimum atomic E-state index is -0.719. The van der Waals surface area contributed by atoms with Crippen LogP contribution in [-0.2, 0) is 10.8 Å². The highest BCUT2D eigenvalue weighted by molar-refractivity contribution is 7.85. The van der Waals surface area contributed by atoms with E-state index in [0.717, 1.165) is 56.1 Å². The lowest BCUT2D eigenvalue weighted by molar-refractivity contribution is 0.307. The number of nitrogens with one attached hydrogen (secondary N) is 2. The Morgan fingerprint density at radius 3 is 2.47 bits per heavy atom. The van der Waals surface area contributed by atoms with Crippen LogP contribution in [0.5, 0.6) is 17.2 Å². The summed E-state index contributed by atoms with van der Waals surface area (Å²) in [5.74, 6) is 3.70. The van der Waals surface area contributed by atoms with Crippen molar-refractivity contribution in [3.8, 4) is 17.2 Å². The van der Waals surface area contributed by atoms with Crippen molar-refractivity contribution in [3.05, 3.63) is 18.2 Å². The second-order valence-electron chi connectivity index (χ2n) is 7.31. The molecule has 1 aromatic rings. The monoisotopic (exact) mass is 439 g/mol. The van der Waals surface area contributed by atoms with Crippen molar-refractivity contribution in [1.29, 1.82) is 0 Å². The van der Waals surface area contributed by atoms with Crippen LogP contribution in [0.1, 0.15) is 46.0 Å². The van der Waals surface area contributed by atoms with Gasteiger partial charge in [-0.2, -0.15) is 0 Å². The minimum absolute atomic E-state index is 0.303. The summed E-state index contributed by atoms with van der Waals surface area (Å²) in [6, 6.07) is 5.84. The molecule has 8 heteroatoms. The molecule has 7 nitrogen and oxygen atoms in total. The topological polar surface area (TPSA) is 81.2 Å². The number of guanidine groups is 1. The highest BCUT2D eigenvalue weighted by Gasteiger charge is 2.25. The number of nitrogens with zero attached hydrogens (tertiary/aromatic N) is 1. The third kappa shape index (κ3) is 8.05. The minimum Gasteiger partial charge on any atom is -0.496 e. The van der Waals surface area contributed by atoms with Crippen molar-refractivity contribution in [1.82, 2.24) is 10.6 Å². The maximum atomic E-state index is 12.2. The van der Waals surface area contributed by atoms with Gasteiger partial charge in [-0.25, -0.2) is 0 Å². The molecule has 0 aromatic heterocycles. The third-order valence-electron chi connectivity index (χ3n) is 5.13. The van der Waals surface area contributed by atoms with Gasteiger partial charge in [-0.3, -0.25) is 9.20 Å². The van der Waals surface area contributed by atoms with E-state index in [2.05, 4.69) is 22.5 Å². The van der Waals surface area contributed by atoms with Crippen molar-refractivity contribution < 1.29 is 18.4 Å². The quantitative estimate of drug-likeness (QED) is 0.313. The predicted octanol–water partition coefficient (Wildman–Crippen LogP) is 3.11. The van der Waals surface area contributed by atoms with Gasteiger partial charge in [0.1, 0.15) is 17.2 Å². The van der Waals surface area contributed by atoms with Crippen LogP contribution in [-0.4, -0.2) is 61.1 Å². The van der Waals surface area contributed by atoms with Crippen LogP contribution in [0.3, 0.4) is 0 Å². The summed E-state index contributed by atoms with van der Waals surface area (Å²) >= 11 is 0. The van der Waals surface area contributed by atoms with E-state index in [-0.39, 0.29) is 0 Å². The lowest BCUT2D eigenvalue weighted by atomic mass is 9.95. The number of ether oxygens (including phenoxy) is 3. The maximum Gasteiger partial charge on any atom is 0.191 e. The number of rotatable bonds is 11. The van der Waals surface area contributed by atoms with E-state index in [1.807, 2.05) is 25.1 Å². The normalized spacial score (nSPS) is 20.3. The average molecular weight is 440 g/mol. The Hall–Kier alpha value is -1.96. The predicted molar refractivity (Wildman–Crippen MR) is 123 cm³/mol. The van der Waals surface area contributed by atoms with E-state index >= 15 is 0 Å². The Kier molecular flexibility index (Phi) is 10.8. The molecule has 2 N–H and O–H groups in total. The molecule has 1 aliphatic rings. The number of benzene rings is 1. The van der Waals surface area contributed by atoms with Gasteiger partial charge < -0.3 is 24.8 Å². The summed E-state index contributed by atoms with van der Waals surface area (Å²) in [7, 11) is 2.53. The van der Waals surface area contributed by atoms with Gasteiger partial charge in [0.2, 0.25) is 0 Å².